The SMILES string of the molecule is CCO/N=C(/C(C)=NOCC(=NOC)C(=O)N(C)c1ccccc1)c1ccc(Oc2ccc(Cl)cc2)cc1. The number of nitrogens with zero attached hydrogens (tertiary/aromatic N) is 4. The number of rotatable bonds is 12. The maximum atomic E-state index is 12.9. The molecule has 0 aromatic heterocycles. The van der Waals surface area contributed by atoms with Crippen molar-refractivity contribution < 1.29 is 24.0 Å². The number of anilines is 1. The molecule has 0 fully saturated rings. The van der Waals surface area contributed by atoms with Gasteiger partial charge in [-0.3, -0.25) is 4.79 Å². The molecule has 3 aromatic carbocycles. The van der Waals surface area contributed by atoms with Gasteiger partial charge < -0.3 is 24.1 Å². The number of halogens is 1. The van der Waals surface area contributed by atoms with Crippen LogP contribution in [-0.2, 0) is 19.3 Å². The number of ether oxygens (including phenoxy) is 1. The van der Waals surface area contributed by atoms with Gasteiger partial charge in [0.25, 0.3) is 5.91 Å². The van der Waals surface area contributed by atoms with Gasteiger partial charge in [0.15, 0.2) is 12.3 Å². The largest absolute Gasteiger partial charge is 0.457 e. The van der Waals surface area contributed by atoms with Gasteiger partial charge in [0.2, 0.25) is 0 Å². The van der Waals surface area contributed by atoms with Crippen molar-refractivity contribution in [2.24, 2.45) is 15.5 Å². The second-order valence-electron chi connectivity index (χ2n) is 7.81. The highest BCUT2D eigenvalue weighted by molar-refractivity contribution is 6.47. The molecule has 0 aliphatic heterocycles. The van der Waals surface area contributed by atoms with Crippen LogP contribution in [0.2, 0.25) is 5.02 Å². The van der Waals surface area contributed by atoms with Crippen molar-refractivity contribution in [3.63, 3.8) is 0 Å². The van der Waals surface area contributed by atoms with Crippen LogP contribution in [0.3, 0.4) is 0 Å². The summed E-state index contributed by atoms with van der Waals surface area (Å²) in [5.74, 6) is 0.919. The summed E-state index contributed by atoms with van der Waals surface area (Å²) in [6, 6.07) is 23.5. The Morgan fingerprint density at radius 3 is 2.11 bits per heavy atom. The summed E-state index contributed by atoms with van der Waals surface area (Å²) in [6.07, 6.45) is 0. The van der Waals surface area contributed by atoms with Gasteiger partial charge in [-0.25, -0.2) is 0 Å². The molecular weight excluding hydrogens is 508 g/mol. The van der Waals surface area contributed by atoms with E-state index in [1.165, 1.54) is 12.0 Å². The number of amides is 1. The monoisotopic (exact) mass is 536 g/mol. The fraction of sp³-hybridized carbons (Fsp3) is 0.214. The molecule has 0 aliphatic rings. The van der Waals surface area contributed by atoms with E-state index in [4.69, 9.17) is 30.9 Å². The summed E-state index contributed by atoms with van der Waals surface area (Å²) in [6.45, 7) is 3.72. The van der Waals surface area contributed by atoms with E-state index >= 15 is 0 Å². The van der Waals surface area contributed by atoms with Crippen LogP contribution in [0.1, 0.15) is 19.4 Å². The third kappa shape index (κ3) is 8.07. The molecule has 1 amide bonds. The van der Waals surface area contributed by atoms with Gasteiger partial charge in [0.05, 0.1) is 0 Å². The lowest BCUT2D eigenvalue weighted by atomic mass is 10.1. The zero-order valence-electron chi connectivity index (χ0n) is 21.6. The van der Waals surface area contributed by atoms with Crippen molar-refractivity contribution in [2.45, 2.75) is 13.8 Å². The van der Waals surface area contributed by atoms with Gasteiger partial charge in [0, 0.05) is 23.3 Å². The highest BCUT2D eigenvalue weighted by Gasteiger charge is 2.20. The van der Waals surface area contributed by atoms with Crippen LogP contribution in [-0.4, -0.2) is 50.4 Å². The van der Waals surface area contributed by atoms with Crippen molar-refractivity contribution in [1.82, 2.24) is 0 Å². The van der Waals surface area contributed by atoms with E-state index in [0.29, 0.717) is 40.2 Å². The smallest absolute Gasteiger partial charge is 0.279 e. The Morgan fingerprint density at radius 2 is 1.50 bits per heavy atom. The van der Waals surface area contributed by atoms with Crippen molar-refractivity contribution in [2.75, 3.05) is 32.3 Å². The quantitative estimate of drug-likeness (QED) is 0.211. The molecule has 198 valence electrons. The molecule has 0 aliphatic carbocycles. The van der Waals surface area contributed by atoms with Gasteiger partial charge in [0.1, 0.15) is 36.6 Å². The molecular formula is C28H29ClN4O5. The molecule has 3 rings (SSSR count). The molecule has 0 bridgehead atoms. The number of benzene rings is 3. The Balaban J connectivity index is 1.71. The highest BCUT2D eigenvalue weighted by atomic mass is 35.5. The van der Waals surface area contributed by atoms with Crippen LogP contribution >= 0.6 is 11.6 Å². The number of hydrogen-bond donors (Lipinski definition) is 0. The minimum absolute atomic E-state index is 0.0439. The van der Waals surface area contributed by atoms with Gasteiger partial charge in [-0.1, -0.05) is 45.3 Å². The molecule has 0 saturated heterocycles. The second kappa shape index (κ2) is 14.4. The average Bonchev–Trinajstić information content (AvgIpc) is 2.94. The van der Waals surface area contributed by atoms with E-state index in [9.17, 15) is 4.79 Å². The Labute approximate surface area is 226 Å². The predicted octanol–water partition coefficient (Wildman–Crippen LogP) is 5.93. The van der Waals surface area contributed by atoms with Crippen LogP contribution in [0.25, 0.3) is 0 Å². The lowest BCUT2D eigenvalue weighted by Gasteiger charge is -2.17. The van der Waals surface area contributed by atoms with Crippen molar-refractivity contribution in [1.29, 1.82) is 0 Å². The first-order valence-corrected chi connectivity index (χ1v) is 12.1. The third-order valence-electron chi connectivity index (χ3n) is 5.10. The minimum Gasteiger partial charge on any atom is -0.457 e. The van der Waals surface area contributed by atoms with Crippen LogP contribution in [0, 0.1) is 0 Å². The van der Waals surface area contributed by atoms with Crippen molar-refractivity contribution >= 4 is 40.3 Å². The Kier molecular flexibility index (Phi) is 10.7. The van der Waals surface area contributed by atoms with Crippen LogP contribution in [0.15, 0.2) is 94.3 Å². The van der Waals surface area contributed by atoms with Gasteiger partial charge in [-0.15, -0.1) is 0 Å². The molecule has 0 saturated carbocycles. The van der Waals surface area contributed by atoms with Gasteiger partial charge in [-0.05, 0) is 74.5 Å². The molecule has 3 aromatic rings. The summed E-state index contributed by atoms with van der Waals surface area (Å²) in [5, 5.41) is 12.8. The highest BCUT2D eigenvalue weighted by Crippen LogP contribution is 2.23. The van der Waals surface area contributed by atoms with Crippen molar-refractivity contribution in [3.05, 3.63) is 89.4 Å². The van der Waals surface area contributed by atoms with E-state index in [1.807, 2.05) is 49.4 Å². The van der Waals surface area contributed by atoms with Crippen molar-refractivity contribution in [3.8, 4) is 11.5 Å². The lowest BCUT2D eigenvalue weighted by molar-refractivity contribution is -0.112. The van der Waals surface area contributed by atoms with Crippen LogP contribution < -0.4 is 9.64 Å². The molecule has 0 spiro atoms. The van der Waals surface area contributed by atoms with Gasteiger partial charge >= 0.3 is 0 Å². The minimum atomic E-state index is -0.384. The fourth-order valence-corrected chi connectivity index (χ4v) is 3.34. The summed E-state index contributed by atoms with van der Waals surface area (Å²) >= 11 is 5.93. The third-order valence-corrected chi connectivity index (χ3v) is 5.36. The van der Waals surface area contributed by atoms with E-state index in [2.05, 4.69) is 15.5 Å². The molecule has 9 nitrogen and oxygen atoms in total. The first kappa shape index (κ1) is 28.2. The number of oxime groups is 3. The zero-order chi connectivity index (χ0) is 27.3. The molecule has 10 heteroatoms. The molecule has 0 radical (unpaired) electrons. The van der Waals surface area contributed by atoms with E-state index in [-0.39, 0.29) is 18.2 Å². The molecule has 0 heterocycles. The fourth-order valence-electron chi connectivity index (χ4n) is 3.21. The maximum Gasteiger partial charge on any atom is 0.279 e. The second-order valence-corrected chi connectivity index (χ2v) is 8.24. The number of hydrogen-bond acceptors (Lipinski definition) is 8. The standard InChI is InChI=1S/C28H29ClN4O5/c1-5-36-32-27(21-11-15-24(16-12-21)38-25-17-13-22(29)14-18-25)20(2)30-37-19-26(31-35-4)28(34)33(3)23-9-7-6-8-10-23/h6-18H,5,19H2,1-4H3/b30-20?,31-26?,32-27-. The first-order valence-electron chi connectivity index (χ1n) is 11.8. The number of para-hydroxylation sites is 1. The van der Waals surface area contributed by atoms with Gasteiger partial charge in [-0.2, -0.15) is 0 Å². The topological polar surface area (TPSA) is 94.3 Å². The number of carbonyl (C=O) groups excluding carboxylic acids is 1. The van der Waals surface area contributed by atoms with Crippen LogP contribution in [0.5, 0.6) is 11.5 Å². The first-order chi connectivity index (χ1) is 18.4. The average molecular weight is 537 g/mol. The summed E-state index contributed by atoms with van der Waals surface area (Å²) < 4.78 is 5.85. The maximum absolute atomic E-state index is 12.9. The molecule has 0 unspecified atom stereocenters. The Hall–Kier alpha value is -4.37. The molecule has 0 atom stereocenters. The summed E-state index contributed by atoms with van der Waals surface area (Å²) in [7, 11) is 3.00. The normalized spacial score (nSPS) is 12.1. The molecule has 0 N–H and O–H groups in total. The Bertz CT molecular complexity index is 1280. The lowest BCUT2D eigenvalue weighted by Crippen LogP contribution is -2.35. The van der Waals surface area contributed by atoms with E-state index in [0.717, 1.165) is 5.56 Å². The zero-order valence-corrected chi connectivity index (χ0v) is 22.4. The van der Waals surface area contributed by atoms with Crippen LogP contribution in [0.4, 0.5) is 5.69 Å². The van der Waals surface area contributed by atoms with E-state index < -0.39 is 0 Å². The molecule has 38 heavy (non-hydrogen) atoms. The number of carbonyl (C=O) groups is 1. The Morgan fingerprint density at radius 1 is 0.868 bits per heavy atom. The van der Waals surface area contributed by atoms with E-state index in [1.54, 1.807) is 50.4 Å². The summed E-state index contributed by atoms with van der Waals surface area (Å²) in [4.78, 5) is 30.0. The predicted molar refractivity (Wildman–Crippen MR) is 149 cm³/mol. The summed E-state index contributed by atoms with van der Waals surface area (Å²) in [5.41, 5.74) is 2.38.